The van der Waals surface area contributed by atoms with Crippen LogP contribution in [0.2, 0.25) is 0 Å². The maximum atomic E-state index is 12.6. The minimum Gasteiger partial charge on any atom is -0.465 e. The van der Waals surface area contributed by atoms with E-state index in [0.717, 1.165) is 29.7 Å². The maximum Gasteiger partial charge on any atom is 0.348 e. The van der Waals surface area contributed by atoms with E-state index in [1.807, 2.05) is 30.3 Å². The Morgan fingerprint density at radius 1 is 1.12 bits per heavy atom. The van der Waals surface area contributed by atoms with Crippen molar-refractivity contribution in [2.75, 3.05) is 20.2 Å². The average molecular weight is 359 g/mol. The van der Waals surface area contributed by atoms with Gasteiger partial charge in [0.25, 0.3) is 5.91 Å². The van der Waals surface area contributed by atoms with Crippen LogP contribution >= 0.6 is 11.3 Å². The number of hydrogen-bond donors (Lipinski definition) is 1. The van der Waals surface area contributed by atoms with Crippen LogP contribution in [0.15, 0.2) is 42.5 Å². The van der Waals surface area contributed by atoms with E-state index in [4.69, 9.17) is 0 Å². The highest BCUT2D eigenvalue weighted by Crippen LogP contribution is 2.31. The van der Waals surface area contributed by atoms with Gasteiger partial charge >= 0.3 is 5.97 Å². The third-order valence-corrected chi connectivity index (χ3v) is 5.67. The number of aliphatic hydroxyl groups is 1. The minimum absolute atomic E-state index is 0.0622. The summed E-state index contributed by atoms with van der Waals surface area (Å²) in [5, 5.41) is 10.5. The van der Waals surface area contributed by atoms with E-state index >= 15 is 0 Å². The molecule has 132 valence electrons. The lowest BCUT2D eigenvalue weighted by atomic mass is 9.87. The fourth-order valence-corrected chi connectivity index (χ4v) is 4.05. The lowest BCUT2D eigenvalue weighted by molar-refractivity contribution is 0.0465. The first kappa shape index (κ1) is 17.6. The molecule has 0 radical (unpaired) electrons. The number of hydrogen-bond acceptors (Lipinski definition) is 5. The van der Waals surface area contributed by atoms with Crippen LogP contribution < -0.4 is 0 Å². The first-order chi connectivity index (χ1) is 12.1. The van der Waals surface area contributed by atoms with Crippen LogP contribution in [0.5, 0.6) is 0 Å². The summed E-state index contributed by atoms with van der Waals surface area (Å²) in [7, 11) is 1.33. The summed E-state index contributed by atoms with van der Waals surface area (Å²) in [4.78, 5) is 26.9. The second-order valence-corrected chi connectivity index (χ2v) is 7.22. The molecule has 1 unspecified atom stereocenters. The predicted octanol–water partition coefficient (Wildman–Crippen LogP) is 3.12. The van der Waals surface area contributed by atoms with Crippen molar-refractivity contribution in [3.05, 3.63) is 57.8 Å². The Labute approximate surface area is 150 Å². The number of likely N-dealkylation sites (tertiary alicyclic amines) is 1. The maximum absolute atomic E-state index is 12.6. The van der Waals surface area contributed by atoms with Gasteiger partial charge in [0.05, 0.1) is 18.1 Å². The van der Waals surface area contributed by atoms with Crippen molar-refractivity contribution in [2.45, 2.75) is 18.9 Å². The van der Waals surface area contributed by atoms with Crippen LogP contribution in [0, 0.1) is 5.92 Å². The molecule has 1 aromatic carbocycles. The van der Waals surface area contributed by atoms with E-state index in [1.165, 1.54) is 7.11 Å². The number of thiophene rings is 1. The van der Waals surface area contributed by atoms with E-state index in [1.54, 1.807) is 17.0 Å². The van der Waals surface area contributed by atoms with Crippen LogP contribution in [-0.2, 0) is 4.74 Å². The lowest BCUT2D eigenvalue weighted by Gasteiger charge is -2.34. The topological polar surface area (TPSA) is 66.8 Å². The van der Waals surface area contributed by atoms with Gasteiger partial charge in [-0.25, -0.2) is 4.79 Å². The number of benzene rings is 1. The zero-order valence-electron chi connectivity index (χ0n) is 14.1. The zero-order chi connectivity index (χ0) is 17.8. The molecule has 2 heterocycles. The second kappa shape index (κ2) is 7.80. The van der Waals surface area contributed by atoms with Crippen molar-refractivity contribution in [2.24, 2.45) is 5.92 Å². The number of carbonyl (C=O) groups excluding carboxylic acids is 2. The molecule has 0 spiro atoms. The van der Waals surface area contributed by atoms with Crippen LogP contribution in [0.3, 0.4) is 0 Å². The molecule has 1 N–H and O–H groups in total. The van der Waals surface area contributed by atoms with E-state index in [2.05, 4.69) is 4.74 Å². The van der Waals surface area contributed by atoms with Gasteiger partial charge in [0.2, 0.25) is 0 Å². The van der Waals surface area contributed by atoms with Gasteiger partial charge in [-0.15, -0.1) is 11.3 Å². The number of rotatable bonds is 4. The van der Waals surface area contributed by atoms with Gasteiger partial charge in [0.15, 0.2) is 0 Å². The summed E-state index contributed by atoms with van der Waals surface area (Å²) >= 11 is 1.16. The van der Waals surface area contributed by atoms with Crippen LogP contribution in [0.1, 0.15) is 43.9 Å². The number of esters is 1. The molecule has 1 aliphatic rings. The number of amides is 1. The van der Waals surface area contributed by atoms with E-state index < -0.39 is 12.1 Å². The van der Waals surface area contributed by atoms with Crippen LogP contribution in [0.4, 0.5) is 0 Å². The van der Waals surface area contributed by atoms with Gasteiger partial charge < -0.3 is 14.7 Å². The van der Waals surface area contributed by atoms with Crippen molar-refractivity contribution >= 4 is 23.2 Å². The number of carbonyl (C=O) groups is 2. The molecule has 5 nitrogen and oxygen atoms in total. The summed E-state index contributed by atoms with van der Waals surface area (Å²) in [5.41, 5.74) is 0.924. The highest BCUT2D eigenvalue weighted by molar-refractivity contribution is 7.15. The highest BCUT2D eigenvalue weighted by Gasteiger charge is 2.29. The van der Waals surface area contributed by atoms with Gasteiger partial charge in [-0.3, -0.25) is 4.79 Å². The molecule has 1 aliphatic heterocycles. The Balaban J connectivity index is 1.59. The van der Waals surface area contributed by atoms with Crippen molar-refractivity contribution < 1.29 is 19.4 Å². The SMILES string of the molecule is COC(=O)c1ccc(C(=O)N2CCC(C(O)c3ccccc3)CC2)s1. The second-order valence-electron chi connectivity index (χ2n) is 6.14. The number of aliphatic hydroxyl groups excluding tert-OH is 1. The monoisotopic (exact) mass is 359 g/mol. The van der Waals surface area contributed by atoms with Crippen LogP contribution in [-0.4, -0.2) is 42.1 Å². The van der Waals surface area contributed by atoms with E-state index in [9.17, 15) is 14.7 Å². The standard InChI is InChI=1S/C19H21NO4S/c1-24-19(23)16-8-7-15(25-16)18(22)20-11-9-14(10-12-20)17(21)13-5-3-2-4-6-13/h2-8,14,17,21H,9-12H2,1H3. The van der Waals surface area contributed by atoms with Crippen molar-refractivity contribution in [3.63, 3.8) is 0 Å². The summed E-state index contributed by atoms with van der Waals surface area (Å²) in [6, 6.07) is 12.9. The Morgan fingerprint density at radius 3 is 2.40 bits per heavy atom. The molecule has 1 amide bonds. The van der Waals surface area contributed by atoms with Gasteiger partial charge in [-0.05, 0) is 36.5 Å². The van der Waals surface area contributed by atoms with Crippen molar-refractivity contribution in [1.29, 1.82) is 0 Å². The summed E-state index contributed by atoms with van der Waals surface area (Å²) in [6.45, 7) is 1.22. The summed E-state index contributed by atoms with van der Waals surface area (Å²) in [6.07, 6.45) is 1.03. The van der Waals surface area contributed by atoms with Crippen molar-refractivity contribution in [1.82, 2.24) is 4.90 Å². The van der Waals surface area contributed by atoms with Crippen molar-refractivity contribution in [3.8, 4) is 0 Å². The molecule has 1 saturated heterocycles. The largest absolute Gasteiger partial charge is 0.465 e. The first-order valence-corrected chi connectivity index (χ1v) is 9.12. The molecule has 1 fully saturated rings. The summed E-state index contributed by atoms with van der Waals surface area (Å²) in [5.74, 6) is -0.332. The lowest BCUT2D eigenvalue weighted by Crippen LogP contribution is -2.39. The Kier molecular flexibility index (Phi) is 5.50. The molecule has 6 heteroatoms. The molecular formula is C19H21NO4S. The molecular weight excluding hydrogens is 338 g/mol. The number of methoxy groups -OCH3 is 1. The normalized spacial score (nSPS) is 16.5. The minimum atomic E-state index is -0.494. The van der Waals surface area contributed by atoms with E-state index in [0.29, 0.717) is 22.8 Å². The zero-order valence-corrected chi connectivity index (χ0v) is 14.9. The van der Waals surface area contributed by atoms with Crippen LogP contribution in [0.25, 0.3) is 0 Å². The number of nitrogens with zero attached hydrogens (tertiary/aromatic N) is 1. The Morgan fingerprint density at radius 2 is 1.76 bits per heavy atom. The first-order valence-electron chi connectivity index (χ1n) is 8.30. The average Bonchev–Trinajstić information content (AvgIpc) is 3.17. The smallest absolute Gasteiger partial charge is 0.348 e. The van der Waals surface area contributed by atoms with Gasteiger partial charge in [0.1, 0.15) is 4.88 Å². The molecule has 2 aromatic rings. The Hall–Kier alpha value is -2.18. The molecule has 0 saturated carbocycles. The molecule has 0 bridgehead atoms. The fraction of sp³-hybridized carbons (Fsp3) is 0.368. The predicted molar refractivity (Wildman–Crippen MR) is 95.7 cm³/mol. The summed E-state index contributed by atoms with van der Waals surface area (Å²) < 4.78 is 4.68. The molecule has 1 aromatic heterocycles. The molecule has 25 heavy (non-hydrogen) atoms. The quantitative estimate of drug-likeness (QED) is 0.852. The van der Waals surface area contributed by atoms with Gasteiger partial charge in [-0.1, -0.05) is 30.3 Å². The highest BCUT2D eigenvalue weighted by atomic mass is 32.1. The van der Waals surface area contributed by atoms with E-state index in [-0.39, 0.29) is 11.8 Å². The van der Waals surface area contributed by atoms with Gasteiger partial charge in [-0.2, -0.15) is 0 Å². The third kappa shape index (κ3) is 3.91. The fourth-order valence-electron chi connectivity index (χ4n) is 3.16. The van der Waals surface area contributed by atoms with Gasteiger partial charge in [0, 0.05) is 13.1 Å². The molecule has 3 rings (SSSR count). The number of piperidine rings is 1. The Bertz CT molecular complexity index is 735. The molecule has 1 atom stereocenters. The number of ether oxygens (including phenoxy) is 1. The third-order valence-electron chi connectivity index (χ3n) is 4.62. The molecule has 0 aliphatic carbocycles.